The fraction of sp³-hybridized carbons (Fsp3) is 0.250. The largest absolute Gasteiger partial charge is 0.480 e. The zero-order chi connectivity index (χ0) is 15.1. The molecule has 2 N–H and O–H groups in total. The van der Waals surface area contributed by atoms with Gasteiger partial charge in [-0.3, -0.25) is 9.59 Å². The third-order valence-electron chi connectivity index (χ3n) is 2.20. The number of amides is 1. The highest BCUT2D eigenvalue weighted by Crippen LogP contribution is 2.22. The third kappa shape index (κ3) is 5.07. The van der Waals surface area contributed by atoms with Gasteiger partial charge in [0.15, 0.2) is 6.61 Å². The molecule has 0 radical (unpaired) electrons. The van der Waals surface area contributed by atoms with E-state index in [4.69, 9.17) is 33.1 Å². The van der Waals surface area contributed by atoms with E-state index in [0.29, 0.717) is 15.6 Å². The van der Waals surface area contributed by atoms with Gasteiger partial charge in [-0.1, -0.05) is 34.4 Å². The molecule has 1 rings (SSSR count). The highest BCUT2D eigenvalue weighted by Gasteiger charge is 2.13. The number of carbonyl (C=O) groups excluding carboxylic acids is 1. The number of carbonyl (C=O) groups is 2. The molecule has 0 bridgehead atoms. The van der Waals surface area contributed by atoms with Crippen LogP contribution in [-0.2, 0) is 14.4 Å². The number of nitrogens with zero attached hydrogens (tertiary/aromatic N) is 1. The SMILES string of the molecule is CC(NC(=O)CO/N=C/c1c(Cl)cccc1Cl)C(=O)O. The number of aliphatic carboxylic acids is 1. The molecule has 1 amide bonds. The Labute approximate surface area is 125 Å². The maximum atomic E-state index is 11.3. The number of nitrogens with one attached hydrogen (secondary N) is 1. The third-order valence-corrected chi connectivity index (χ3v) is 2.86. The lowest BCUT2D eigenvalue weighted by Gasteiger charge is -2.07. The van der Waals surface area contributed by atoms with Crippen LogP contribution < -0.4 is 5.32 Å². The summed E-state index contributed by atoms with van der Waals surface area (Å²) in [5.74, 6) is -1.73. The van der Waals surface area contributed by atoms with Crippen LogP contribution in [-0.4, -0.2) is 35.8 Å². The zero-order valence-corrected chi connectivity index (χ0v) is 12.0. The van der Waals surface area contributed by atoms with Crippen LogP contribution in [0.2, 0.25) is 10.0 Å². The molecule has 20 heavy (non-hydrogen) atoms. The van der Waals surface area contributed by atoms with Gasteiger partial charge in [-0.05, 0) is 19.1 Å². The highest BCUT2D eigenvalue weighted by atomic mass is 35.5. The molecule has 6 nitrogen and oxygen atoms in total. The van der Waals surface area contributed by atoms with Gasteiger partial charge in [0.05, 0.1) is 16.3 Å². The van der Waals surface area contributed by atoms with Gasteiger partial charge >= 0.3 is 5.97 Å². The van der Waals surface area contributed by atoms with Crippen LogP contribution in [0.5, 0.6) is 0 Å². The minimum atomic E-state index is -1.13. The molecule has 0 saturated heterocycles. The summed E-state index contributed by atoms with van der Waals surface area (Å²) in [5, 5.41) is 15.2. The lowest BCUT2D eigenvalue weighted by Crippen LogP contribution is -2.40. The summed E-state index contributed by atoms with van der Waals surface area (Å²) in [6.07, 6.45) is 1.28. The smallest absolute Gasteiger partial charge is 0.325 e. The van der Waals surface area contributed by atoms with Crippen molar-refractivity contribution in [3.05, 3.63) is 33.8 Å². The summed E-state index contributed by atoms with van der Waals surface area (Å²) in [5.41, 5.74) is 0.468. The Bertz CT molecular complexity index is 514. The lowest BCUT2D eigenvalue weighted by atomic mass is 10.2. The van der Waals surface area contributed by atoms with Crippen molar-refractivity contribution in [2.75, 3.05) is 6.61 Å². The second-order valence-electron chi connectivity index (χ2n) is 3.77. The Morgan fingerprint density at radius 2 is 2.05 bits per heavy atom. The fourth-order valence-electron chi connectivity index (χ4n) is 1.16. The van der Waals surface area contributed by atoms with E-state index in [1.54, 1.807) is 18.2 Å². The molecule has 8 heteroatoms. The molecule has 0 heterocycles. The Morgan fingerprint density at radius 3 is 2.60 bits per heavy atom. The van der Waals surface area contributed by atoms with Crippen LogP contribution in [0.25, 0.3) is 0 Å². The van der Waals surface area contributed by atoms with Crippen LogP contribution in [0.4, 0.5) is 0 Å². The summed E-state index contributed by atoms with van der Waals surface area (Å²) in [4.78, 5) is 26.5. The van der Waals surface area contributed by atoms with Gasteiger partial charge in [-0.15, -0.1) is 0 Å². The van der Waals surface area contributed by atoms with E-state index in [1.165, 1.54) is 13.1 Å². The number of carboxylic acids is 1. The average Bonchev–Trinajstić information content (AvgIpc) is 2.37. The molecule has 1 atom stereocenters. The zero-order valence-electron chi connectivity index (χ0n) is 10.5. The molecule has 0 aliphatic carbocycles. The molecular formula is C12H12Cl2N2O4. The maximum Gasteiger partial charge on any atom is 0.325 e. The van der Waals surface area contributed by atoms with Crippen LogP contribution in [0.1, 0.15) is 12.5 Å². The van der Waals surface area contributed by atoms with Crippen LogP contribution >= 0.6 is 23.2 Å². The van der Waals surface area contributed by atoms with E-state index in [2.05, 4.69) is 10.5 Å². The predicted molar refractivity (Wildman–Crippen MR) is 75.2 cm³/mol. The monoisotopic (exact) mass is 318 g/mol. The normalized spacial score (nSPS) is 12.2. The summed E-state index contributed by atoms with van der Waals surface area (Å²) in [6, 6.07) is 3.96. The molecule has 108 valence electrons. The van der Waals surface area contributed by atoms with E-state index in [9.17, 15) is 9.59 Å². The van der Waals surface area contributed by atoms with E-state index in [1.807, 2.05) is 0 Å². The molecule has 1 unspecified atom stereocenters. The van der Waals surface area contributed by atoms with Crippen molar-refractivity contribution in [2.45, 2.75) is 13.0 Å². The molecule has 1 aromatic carbocycles. The fourth-order valence-corrected chi connectivity index (χ4v) is 1.66. The second kappa shape index (κ2) is 7.72. The van der Waals surface area contributed by atoms with Crippen LogP contribution in [0, 0.1) is 0 Å². The minimum Gasteiger partial charge on any atom is -0.480 e. The Kier molecular flexibility index (Phi) is 6.27. The van der Waals surface area contributed by atoms with E-state index >= 15 is 0 Å². The number of hydrogen-bond donors (Lipinski definition) is 2. The van der Waals surface area contributed by atoms with Gasteiger partial charge in [0.25, 0.3) is 5.91 Å². The molecular weight excluding hydrogens is 307 g/mol. The first-order valence-corrected chi connectivity index (χ1v) is 6.29. The standard InChI is InChI=1S/C12H12Cl2N2O4/c1-7(12(18)19)16-11(17)6-20-15-5-8-9(13)3-2-4-10(8)14/h2-5,7H,6H2,1H3,(H,16,17)(H,18,19)/b15-5+. The first kappa shape index (κ1) is 16.3. The number of carboxylic acid groups (broad SMARTS) is 1. The number of hydrogen-bond acceptors (Lipinski definition) is 4. The summed E-state index contributed by atoms with van der Waals surface area (Å²) >= 11 is 11.8. The molecule has 1 aromatic rings. The molecule has 0 spiro atoms. The van der Waals surface area contributed by atoms with E-state index in [-0.39, 0.29) is 0 Å². The van der Waals surface area contributed by atoms with Crippen molar-refractivity contribution in [3.8, 4) is 0 Å². The van der Waals surface area contributed by atoms with Crippen LogP contribution in [0.15, 0.2) is 23.4 Å². The second-order valence-corrected chi connectivity index (χ2v) is 4.59. The minimum absolute atomic E-state index is 0.397. The lowest BCUT2D eigenvalue weighted by molar-refractivity contribution is -0.142. The van der Waals surface area contributed by atoms with Gasteiger partial charge in [0, 0.05) is 5.56 Å². The van der Waals surface area contributed by atoms with Gasteiger partial charge < -0.3 is 15.3 Å². The van der Waals surface area contributed by atoms with Crippen molar-refractivity contribution >= 4 is 41.3 Å². The number of benzene rings is 1. The summed E-state index contributed by atoms with van der Waals surface area (Å²) in [6.45, 7) is 0.934. The van der Waals surface area contributed by atoms with Gasteiger partial charge in [0.2, 0.25) is 0 Å². The van der Waals surface area contributed by atoms with Crippen LogP contribution in [0.3, 0.4) is 0 Å². The number of rotatable bonds is 6. The Balaban J connectivity index is 2.46. The van der Waals surface area contributed by atoms with Crippen molar-refractivity contribution in [3.63, 3.8) is 0 Å². The summed E-state index contributed by atoms with van der Waals surface area (Å²) in [7, 11) is 0. The molecule has 0 aliphatic heterocycles. The number of oxime groups is 1. The van der Waals surface area contributed by atoms with Gasteiger partial charge in [0.1, 0.15) is 6.04 Å². The van der Waals surface area contributed by atoms with Crippen molar-refractivity contribution in [1.29, 1.82) is 0 Å². The first-order valence-electron chi connectivity index (χ1n) is 5.53. The number of halogens is 2. The Morgan fingerprint density at radius 1 is 1.45 bits per heavy atom. The van der Waals surface area contributed by atoms with E-state index in [0.717, 1.165) is 0 Å². The first-order chi connectivity index (χ1) is 9.41. The van der Waals surface area contributed by atoms with Crippen molar-refractivity contribution in [1.82, 2.24) is 5.32 Å². The van der Waals surface area contributed by atoms with Crippen molar-refractivity contribution < 1.29 is 19.5 Å². The Hall–Kier alpha value is -1.79. The highest BCUT2D eigenvalue weighted by molar-refractivity contribution is 6.38. The maximum absolute atomic E-state index is 11.3. The summed E-state index contributed by atoms with van der Waals surface area (Å²) < 4.78 is 0. The predicted octanol–water partition coefficient (Wildman–Crippen LogP) is 1.93. The average molecular weight is 319 g/mol. The van der Waals surface area contributed by atoms with Gasteiger partial charge in [-0.25, -0.2) is 0 Å². The van der Waals surface area contributed by atoms with E-state index < -0.39 is 24.5 Å². The van der Waals surface area contributed by atoms with Gasteiger partial charge in [-0.2, -0.15) is 0 Å². The molecule has 0 aromatic heterocycles. The quantitative estimate of drug-likeness (QED) is 0.619. The molecule has 0 saturated carbocycles. The topological polar surface area (TPSA) is 88.0 Å². The molecule has 0 aliphatic rings. The molecule has 0 fully saturated rings. The van der Waals surface area contributed by atoms with Crippen molar-refractivity contribution in [2.24, 2.45) is 5.16 Å².